The molecular formula is C26H44N2O5S. The minimum atomic E-state index is -0.880. The van der Waals surface area contributed by atoms with Crippen LogP contribution >= 0.6 is 11.3 Å². The van der Waals surface area contributed by atoms with E-state index in [1.165, 1.54) is 11.3 Å². The van der Waals surface area contributed by atoms with Crippen molar-refractivity contribution >= 4 is 23.2 Å². The minimum Gasteiger partial charge on any atom is -0.392 e. The first-order valence-corrected chi connectivity index (χ1v) is 13.2. The van der Waals surface area contributed by atoms with Crippen LogP contribution in [-0.2, 0) is 16.1 Å². The molecule has 1 aliphatic rings. The summed E-state index contributed by atoms with van der Waals surface area (Å²) in [5.74, 6) is -0.667. The van der Waals surface area contributed by atoms with E-state index in [-0.39, 0.29) is 36.1 Å². The van der Waals surface area contributed by atoms with Crippen LogP contribution in [0, 0.1) is 17.3 Å². The van der Waals surface area contributed by atoms with Crippen LogP contribution in [0.1, 0.15) is 84.9 Å². The molecule has 2 heterocycles. The third kappa shape index (κ3) is 7.18. The quantitative estimate of drug-likeness (QED) is 0.289. The molecule has 0 bridgehead atoms. The summed E-state index contributed by atoms with van der Waals surface area (Å²) in [6.07, 6.45) is 3.84. The highest BCUT2D eigenvalue weighted by Crippen LogP contribution is 2.44. The molecule has 0 aliphatic carbocycles. The van der Waals surface area contributed by atoms with Gasteiger partial charge in [0, 0.05) is 22.8 Å². The molecule has 1 aromatic rings. The summed E-state index contributed by atoms with van der Waals surface area (Å²) < 4.78 is 6.00. The number of ether oxygens (including phenoxy) is 1. The standard InChI is InChI=1S/C26H44N2O5S/c1-15(23(31)17(3)24(32)25(5,6)18(4)30)9-8-10-26(7)21(33-26)12-20(27)16(2)11-19-14-34-22(13-29)28-19/h11,14-15,17-18,20-21,23,29-31H,8-10,12-13,27H2,1-7H3/t15-,17+,18-,20?,21-,23-,26+/m0/s1. The Morgan fingerprint density at radius 2 is 2.00 bits per heavy atom. The summed E-state index contributed by atoms with van der Waals surface area (Å²) in [7, 11) is 0. The molecule has 1 aromatic heterocycles. The highest BCUT2D eigenvalue weighted by molar-refractivity contribution is 7.09. The molecule has 7 atom stereocenters. The number of carbonyl (C=O) groups is 1. The van der Waals surface area contributed by atoms with Crippen molar-refractivity contribution in [2.24, 2.45) is 23.0 Å². The predicted octanol–water partition coefficient (Wildman–Crippen LogP) is 3.69. The molecule has 1 aliphatic heterocycles. The lowest BCUT2D eigenvalue weighted by Gasteiger charge is -2.33. The van der Waals surface area contributed by atoms with Gasteiger partial charge in [-0.2, -0.15) is 0 Å². The molecule has 7 nitrogen and oxygen atoms in total. The van der Waals surface area contributed by atoms with E-state index in [1.807, 2.05) is 25.3 Å². The normalized spacial score (nSPS) is 25.5. The van der Waals surface area contributed by atoms with E-state index >= 15 is 0 Å². The van der Waals surface area contributed by atoms with Crippen LogP contribution in [-0.4, -0.2) is 56.0 Å². The second-order valence-corrected chi connectivity index (χ2v) is 11.8. The second-order valence-electron chi connectivity index (χ2n) is 10.9. The number of hydrogen-bond donors (Lipinski definition) is 4. The van der Waals surface area contributed by atoms with Gasteiger partial charge >= 0.3 is 0 Å². The number of nitrogens with zero attached hydrogens (tertiary/aromatic N) is 1. The Kier molecular flexibility index (Phi) is 10.0. The second kappa shape index (κ2) is 11.7. The molecule has 194 valence electrons. The molecule has 8 heteroatoms. The molecule has 34 heavy (non-hydrogen) atoms. The summed E-state index contributed by atoms with van der Waals surface area (Å²) >= 11 is 1.43. The summed E-state index contributed by atoms with van der Waals surface area (Å²) in [6.45, 7) is 12.8. The molecule has 0 amide bonds. The van der Waals surface area contributed by atoms with Crippen LogP contribution in [0.3, 0.4) is 0 Å². The van der Waals surface area contributed by atoms with E-state index in [9.17, 15) is 15.0 Å². The number of ketones is 1. The van der Waals surface area contributed by atoms with Gasteiger partial charge in [0.2, 0.25) is 0 Å². The van der Waals surface area contributed by atoms with Crippen molar-refractivity contribution in [1.82, 2.24) is 4.98 Å². The molecule has 2 rings (SSSR count). The first-order valence-electron chi connectivity index (χ1n) is 12.3. The van der Waals surface area contributed by atoms with Crippen LogP contribution in [0.15, 0.2) is 11.0 Å². The fraction of sp³-hybridized carbons (Fsp3) is 0.769. The Hall–Kier alpha value is -1.16. The molecule has 0 aromatic carbocycles. The van der Waals surface area contributed by atoms with Gasteiger partial charge in [0.1, 0.15) is 10.8 Å². The van der Waals surface area contributed by atoms with Crippen molar-refractivity contribution in [3.63, 3.8) is 0 Å². The van der Waals surface area contributed by atoms with Crippen molar-refractivity contribution < 1.29 is 24.9 Å². The summed E-state index contributed by atoms with van der Waals surface area (Å²) in [5.41, 5.74) is 7.16. The van der Waals surface area contributed by atoms with Gasteiger partial charge in [-0.05, 0) is 52.0 Å². The Balaban J connectivity index is 1.79. The number of aliphatic hydroxyl groups excluding tert-OH is 3. The maximum Gasteiger partial charge on any atom is 0.146 e. The number of aromatic nitrogens is 1. The third-order valence-corrected chi connectivity index (χ3v) is 8.54. The number of carbonyl (C=O) groups excluding carboxylic acids is 1. The van der Waals surface area contributed by atoms with E-state index in [0.29, 0.717) is 5.01 Å². The van der Waals surface area contributed by atoms with Gasteiger partial charge in [-0.15, -0.1) is 11.3 Å². The lowest BCUT2D eigenvalue weighted by atomic mass is 9.74. The van der Waals surface area contributed by atoms with Crippen molar-refractivity contribution in [2.45, 2.75) is 111 Å². The molecule has 1 fully saturated rings. The van der Waals surface area contributed by atoms with Gasteiger partial charge in [-0.25, -0.2) is 4.98 Å². The zero-order valence-electron chi connectivity index (χ0n) is 21.7. The summed E-state index contributed by atoms with van der Waals surface area (Å²) in [5, 5.41) is 32.4. The highest BCUT2D eigenvalue weighted by Gasteiger charge is 2.51. The third-order valence-electron chi connectivity index (χ3n) is 7.69. The van der Waals surface area contributed by atoms with Crippen LogP contribution < -0.4 is 5.73 Å². The number of Topliss-reactive ketones (excluding diaryl/α,β-unsaturated/α-hetero) is 1. The van der Waals surface area contributed by atoms with E-state index in [4.69, 9.17) is 15.6 Å². The number of rotatable bonds is 14. The molecular weight excluding hydrogens is 452 g/mol. The SMILES string of the molecule is CC(=Cc1csc(CO)n1)C(N)C[C@@H]1O[C@]1(C)CCC[C@H](C)[C@H](O)[C@@H](C)C(=O)C(C)(C)[C@H](C)O. The van der Waals surface area contributed by atoms with Crippen molar-refractivity contribution in [3.8, 4) is 0 Å². The van der Waals surface area contributed by atoms with Crippen LogP contribution in [0.25, 0.3) is 6.08 Å². The smallest absolute Gasteiger partial charge is 0.146 e. The monoisotopic (exact) mass is 496 g/mol. The van der Waals surface area contributed by atoms with Gasteiger partial charge in [0.15, 0.2) is 0 Å². The van der Waals surface area contributed by atoms with Gasteiger partial charge < -0.3 is 25.8 Å². The molecule has 1 saturated heterocycles. The number of thiazole rings is 1. The van der Waals surface area contributed by atoms with E-state index in [0.717, 1.165) is 37.0 Å². The van der Waals surface area contributed by atoms with Crippen molar-refractivity contribution in [2.75, 3.05) is 0 Å². The lowest BCUT2D eigenvalue weighted by Crippen LogP contribution is -2.43. The zero-order valence-corrected chi connectivity index (χ0v) is 22.6. The predicted molar refractivity (Wildman–Crippen MR) is 136 cm³/mol. The van der Waals surface area contributed by atoms with Gasteiger partial charge in [-0.1, -0.05) is 39.7 Å². The number of nitrogens with two attached hydrogens (primary N) is 1. The topological polar surface area (TPSA) is 129 Å². The lowest BCUT2D eigenvalue weighted by molar-refractivity contribution is -0.140. The summed E-state index contributed by atoms with van der Waals surface area (Å²) in [4.78, 5) is 17.1. The molecule has 5 N–H and O–H groups in total. The number of hydrogen-bond acceptors (Lipinski definition) is 8. The van der Waals surface area contributed by atoms with Gasteiger partial charge in [0.05, 0.1) is 36.2 Å². The number of epoxide rings is 1. The maximum absolute atomic E-state index is 12.8. The Bertz CT molecular complexity index is 852. The van der Waals surface area contributed by atoms with E-state index < -0.39 is 23.5 Å². The largest absolute Gasteiger partial charge is 0.392 e. The summed E-state index contributed by atoms with van der Waals surface area (Å²) in [6, 6.07) is -0.129. The maximum atomic E-state index is 12.8. The number of aliphatic hydroxyl groups is 3. The average molecular weight is 497 g/mol. The van der Waals surface area contributed by atoms with Gasteiger partial charge in [-0.3, -0.25) is 4.79 Å². The Labute approximate surface area is 208 Å². The molecule has 0 saturated carbocycles. The van der Waals surface area contributed by atoms with E-state index in [2.05, 4.69) is 11.9 Å². The van der Waals surface area contributed by atoms with Crippen molar-refractivity contribution in [3.05, 3.63) is 21.7 Å². The average Bonchev–Trinajstić information content (AvgIpc) is 3.18. The fourth-order valence-electron chi connectivity index (χ4n) is 4.42. The molecule has 1 unspecified atom stereocenters. The van der Waals surface area contributed by atoms with Gasteiger partial charge in [0.25, 0.3) is 0 Å². The highest BCUT2D eigenvalue weighted by atomic mass is 32.1. The van der Waals surface area contributed by atoms with Crippen LogP contribution in [0.5, 0.6) is 0 Å². The molecule has 0 radical (unpaired) electrons. The Morgan fingerprint density at radius 1 is 1.35 bits per heavy atom. The van der Waals surface area contributed by atoms with Crippen molar-refractivity contribution in [1.29, 1.82) is 0 Å². The minimum absolute atomic E-state index is 0.0288. The van der Waals surface area contributed by atoms with Crippen LogP contribution in [0.2, 0.25) is 0 Å². The first kappa shape index (κ1) is 29.1. The van der Waals surface area contributed by atoms with E-state index in [1.54, 1.807) is 27.7 Å². The van der Waals surface area contributed by atoms with Crippen LogP contribution in [0.4, 0.5) is 0 Å². The zero-order chi connectivity index (χ0) is 25.8. The fourth-order valence-corrected chi connectivity index (χ4v) is 5.03. The molecule has 0 spiro atoms. The Morgan fingerprint density at radius 3 is 2.56 bits per heavy atom. The first-order chi connectivity index (χ1) is 15.7.